The van der Waals surface area contributed by atoms with Gasteiger partial charge in [0, 0.05) is 24.1 Å². The number of rotatable bonds is 7. The monoisotopic (exact) mass is 383 g/mol. The molecule has 4 rings (SSSR count). The van der Waals surface area contributed by atoms with Crippen molar-refractivity contribution in [1.29, 1.82) is 0 Å². The number of aryl methyl sites for hydroxylation is 1. The zero-order valence-corrected chi connectivity index (χ0v) is 16.7. The van der Waals surface area contributed by atoms with Crippen molar-refractivity contribution in [1.82, 2.24) is 19.9 Å². The van der Waals surface area contributed by atoms with Crippen molar-refractivity contribution >= 4 is 27.8 Å². The number of fused-ring (bicyclic) bond motifs is 3. The van der Waals surface area contributed by atoms with Gasteiger partial charge >= 0.3 is 0 Å². The second kappa shape index (κ2) is 8.32. The third-order valence-electron chi connectivity index (χ3n) is 5.30. The lowest BCUT2D eigenvalue weighted by Gasteiger charge is -2.25. The lowest BCUT2D eigenvalue weighted by atomic mass is 10.0. The van der Waals surface area contributed by atoms with E-state index in [9.17, 15) is 0 Å². The van der Waals surface area contributed by atoms with E-state index in [2.05, 4.69) is 26.8 Å². The van der Waals surface area contributed by atoms with Gasteiger partial charge in [-0.05, 0) is 51.4 Å². The number of pyridine rings is 1. The Hall–Kier alpha value is -2.38. The Morgan fingerprint density at radius 2 is 2.07 bits per heavy atom. The van der Waals surface area contributed by atoms with E-state index in [1.165, 1.54) is 0 Å². The molecule has 0 atom stereocenters. The van der Waals surface area contributed by atoms with Gasteiger partial charge in [-0.3, -0.25) is 0 Å². The minimum Gasteiger partial charge on any atom is -0.490 e. The van der Waals surface area contributed by atoms with Crippen LogP contribution in [0.1, 0.15) is 38.7 Å². The Labute approximate surface area is 165 Å². The molecule has 0 unspecified atom stereocenters. The van der Waals surface area contributed by atoms with Crippen molar-refractivity contribution in [3.05, 3.63) is 24.0 Å². The summed E-state index contributed by atoms with van der Waals surface area (Å²) in [6.07, 6.45) is 5.11. The topological polar surface area (TPSA) is 87.2 Å². The zero-order valence-electron chi connectivity index (χ0n) is 16.7. The molecule has 1 aliphatic rings. The SMILES string of the molecule is CCCn1cnc2c(N)nc3ccc(OC4CCNCC4)c(COCC)c3c21. The smallest absolute Gasteiger partial charge is 0.152 e. The second-order valence-electron chi connectivity index (χ2n) is 7.27. The number of aromatic nitrogens is 3. The third kappa shape index (κ3) is 3.52. The van der Waals surface area contributed by atoms with Crippen molar-refractivity contribution in [3.8, 4) is 5.75 Å². The van der Waals surface area contributed by atoms with Crippen molar-refractivity contribution in [2.24, 2.45) is 0 Å². The zero-order chi connectivity index (χ0) is 19.5. The van der Waals surface area contributed by atoms with Gasteiger partial charge in [0.15, 0.2) is 5.82 Å². The Bertz CT molecular complexity index is 962. The number of imidazole rings is 1. The molecule has 150 valence electrons. The number of hydrogen-bond donors (Lipinski definition) is 2. The van der Waals surface area contributed by atoms with Crippen LogP contribution in [0.5, 0.6) is 5.75 Å². The number of ether oxygens (including phenoxy) is 2. The van der Waals surface area contributed by atoms with Crippen LogP contribution >= 0.6 is 0 Å². The Morgan fingerprint density at radius 3 is 2.82 bits per heavy atom. The first-order valence-electron chi connectivity index (χ1n) is 10.2. The van der Waals surface area contributed by atoms with E-state index in [-0.39, 0.29) is 6.10 Å². The van der Waals surface area contributed by atoms with Crippen molar-refractivity contribution in [3.63, 3.8) is 0 Å². The summed E-state index contributed by atoms with van der Waals surface area (Å²) in [7, 11) is 0. The summed E-state index contributed by atoms with van der Waals surface area (Å²) >= 11 is 0. The number of hydrogen-bond acceptors (Lipinski definition) is 6. The molecule has 1 saturated heterocycles. The molecule has 0 radical (unpaired) electrons. The minimum absolute atomic E-state index is 0.219. The Kier molecular flexibility index (Phi) is 5.64. The summed E-state index contributed by atoms with van der Waals surface area (Å²) in [4.78, 5) is 9.15. The Balaban J connectivity index is 1.90. The largest absolute Gasteiger partial charge is 0.490 e. The molecule has 0 spiro atoms. The number of piperidine rings is 1. The summed E-state index contributed by atoms with van der Waals surface area (Å²) in [5.41, 5.74) is 9.88. The van der Waals surface area contributed by atoms with E-state index >= 15 is 0 Å². The number of anilines is 1. The molecule has 0 bridgehead atoms. The minimum atomic E-state index is 0.219. The number of nitrogen functional groups attached to an aromatic ring is 1. The first-order valence-corrected chi connectivity index (χ1v) is 10.2. The fourth-order valence-electron chi connectivity index (χ4n) is 3.95. The predicted octanol–water partition coefficient (Wildman–Crippen LogP) is 3.24. The van der Waals surface area contributed by atoms with Crippen LogP contribution in [0.25, 0.3) is 21.9 Å². The highest BCUT2D eigenvalue weighted by Crippen LogP contribution is 2.36. The van der Waals surface area contributed by atoms with Crippen LogP contribution in [-0.4, -0.2) is 40.3 Å². The quantitative estimate of drug-likeness (QED) is 0.651. The van der Waals surface area contributed by atoms with E-state index < -0.39 is 0 Å². The van der Waals surface area contributed by atoms with Gasteiger partial charge < -0.3 is 25.1 Å². The van der Waals surface area contributed by atoms with Crippen LogP contribution in [0.4, 0.5) is 5.82 Å². The van der Waals surface area contributed by atoms with E-state index in [1.54, 1.807) is 0 Å². The third-order valence-corrected chi connectivity index (χ3v) is 5.30. The first-order chi connectivity index (χ1) is 13.7. The highest BCUT2D eigenvalue weighted by molar-refractivity contribution is 6.08. The molecule has 7 heteroatoms. The van der Waals surface area contributed by atoms with Crippen molar-refractivity contribution < 1.29 is 9.47 Å². The Morgan fingerprint density at radius 1 is 1.25 bits per heavy atom. The van der Waals surface area contributed by atoms with E-state index in [0.717, 1.165) is 72.1 Å². The van der Waals surface area contributed by atoms with Crippen LogP contribution in [0.3, 0.4) is 0 Å². The fourth-order valence-corrected chi connectivity index (χ4v) is 3.95. The molecular formula is C21H29N5O2. The van der Waals surface area contributed by atoms with Gasteiger partial charge in [-0.2, -0.15) is 0 Å². The molecule has 3 aromatic rings. The maximum absolute atomic E-state index is 6.44. The molecule has 3 heterocycles. The molecular weight excluding hydrogens is 354 g/mol. The summed E-state index contributed by atoms with van der Waals surface area (Å²) in [5.74, 6) is 1.34. The van der Waals surface area contributed by atoms with Crippen molar-refractivity contribution in [2.45, 2.75) is 52.4 Å². The van der Waals surface area contributed by atoms with Crippen LogP contribution in [0, 0.1) is 0 Å². The van der Waals surface area contributed by atoms with Gasteiger partial charge in [-0.25, -0.2) is 9.97 Å². The summed E-state index contributed by atoms with van der Waals surface area (Å²) in [6, 6.07) is 4.01. The molecule has 2 aromatic heterocycles. The molecule has 28 heavy (non-hydrogen) atoms. The summed E-state index contributed by atoms with van der Waals surface area (Å²) in [6.45, 7) is 8.14. The maximum atomic E-state index is 6.44. The van der Waals surface area contributed by atoms with Gasteiger partial charge in [-0.15, -0.1) is 0 Å². The highest BCUT2D eigenvalue weighted by atomic mass is 16.5. The highest BCUT2D eigenvalue weighted by Gasteiger charge is 2.21. The van der Waals surface area contributed by atoms with Crippen molar-refractivity contribution in [2.75, 3.05) is 25.4 Å². The number of nitrogens with one attached hydrogen (secondary N) is 1. The molecule has 3 N–H and O–H groups in total. The van der Waals surface area contributed by atoms with Gasteiger partial charge in [-0.1, -0.05) is 6.92 Å². The maximum Gasteiger partial charge on any atom is 0.152 e. The van der Waals surface area contributed by atoms with Crippen LogP contribution in [0.2, 0.25) is 0 Å². The van der Waals surface area contributed by atoms with Gasteiger partial charge in [0.25, 0.3) is 0 Å². The first kappa shape index (κ1) is 19.0. The standard InChI is InChI=1S/C21H29N5O2/c1-3-11-26-13-24-19-20(26)18-15(12-27-4-2)17(6-5-16(18)25-21(19)22)28-14-7-9-23-10-8-14/h5-6,13-14,23H,3-4,7-12H2,1-2H3,(H2,22,25). The average Bonchev–Trinajstić information content (AvgIpc) is 3.13. The number of nitrogens with zero attached hydrogens (tertiary/aromatic N) is 3. The molecule has 0 saturated carbocycles. The number of nitrogens with two attached hydrogens (primary N) is 1. The molecule has 0 amide bonds. The lowest BCUT2D eigenvalue weighted by Crippen LogP contribution is -2.34. The summed E-state index contributed by atoms with van der Waals surface area (Å²) in [5, 5.41) is 4.42. The van der Waals surface area contributed by atoms with Gasteiger partial charge in [0.2, 0.25) is 0 Å². The van der Waals surface area contributed by atoms with E-state index in [4.69, 9.17) is 15.2 Å². The number of benzene rings is 1. The average molecular weight is 383 g/mol. The van der Waals surface area contributed by atoms with Crippen LogP contribution in [0.15, 0.2) is 18.5 Å². The van der Waals surface area contributed by atoms with Crippen LogP contribution < -0.4 is 15.8 Å². The molecule has 1 aliphatic heterocycles. The fraction of sp³-hybridized carbons (Fsp3) is 0.524. The van der Waals surface area contributed by atoms with E-state index in [1.807, 2.05) is 25.4 Å². The predicted molar refractivity (Wildman–Crippen MR) is 112 cm³/mol. The molecule has 1 fully saturated rings. The second-order valence-corrected chi connectivity index (χ2v) is 7.27. The molecule has 0 aliphatic carbocycles. The van der Waals surface area contributed by atoms with E-state index in [0.29, 0.717) is 19.0 Å². The molecule has 1 aromatic carbocycles. The van der Waals surface area contributed by atoms with Crippen LogP contribution in [-0.2, 0) is 17.9 Å². The van der Waals surface area contributed by atoms with Gasteiger partial charge in [0.1, 0.15) is 17.4 Å². The summed E-state index contributed by atoms with van der Waals surface area (Å²) < 4.78 is 14.4. The normalized spacial score (nSPS) is 15.5. The molecule has 7 nitrogen and oxygen atoms in total. The lowest BCUT2D eigenvalue weighted by molar-refractivity contribution is 0.124. The van der Waals surface area contributed by atoms with Gasteiger partial charge in [0.05, 0.1) is 24.0 Å².